The van der Waals surface area contributed by atoms with Gasteiger partial charge in [0.1, 0.15) is 5.82 Å². The highest BCUT2D eigenvalue weighted by atomic mass is 35.5. The van der Waals surface area contributed by atoms with Crippen molar-refractivity contribution in [3.8, 4) is 0 Å². The molecule has 2 aliphatic rings. The summed E-state index contributed by atoms with van der Waals surface area (Å²) in [6.45, 7) is 6.55. The summed E-state index contributed by atoms with van der Waals surface area (Å²) in [4.78, 5) is 25.8. The molecule has 1 saturated carbocycles. The number of carbonyl (C=O) groups excluding carboxylic acids is 1. The first-order valence-corrected chi connectivity index (χ1v) is 13.7. The highest BCUT2D eigenvalue weighted by Crippen LogP contribution is 2.36. The smallest absolute Gasteiger partial charge is 0.226 e. The molecule has 1 saturated heterocycles. The van der Waals surface area contributed by atoms with E-state index in [9.17, 15) is 4.79 Å². The number of halogens is 2. The zero-order valence-corrected chi connectivity index (χ0v) is 22.7. The van der Waals surface area contributed by atoms with Crippen LogP contribution in [0, 0.1) is 5.41 Å². The molecular weight excluding hydrogens is 493 g/mol. The summed E-state index contributed by atoms with van der Waals surface area (Å²) in [5, 5.41) is 4.60. The summed E-state index contributed by atoms with van der Waals surface area (Å²) < 4.78 is 0. The van der Waals surface area contributed by atoms with Crippen molar-refractivity contribution in [2.24, 2.45) is 5.41 Å². The molecule has 1 amide bonds. The van der Waals surface area contributed by atoms with Crippen LogP contribution in [-0.4, -0.2) is 54.0 Å². The molecule has 1 aliphatic heterocycles. The van der Waals surface area contributed by atoms with Crippen LogP contribution in [0.3, 0.4) is 0 Å². The number of amides is 1. The standard InChI is InChI=1S/C28H35Cl2N5O/c1-28(8-4-3-5-9-28)27(36)31-18-19-6-7-21(29)20(14-19)15-26-32-23-16-22(30)25(17-24(23)33-26)35-12-10-34(2)11-13-35/h6-7,14,16-17H,3-5,8-13,15,18H2,1-2H3,(H,31,36)(H,32,33). The van der Waals surface area contributed by atoms with E-state index < -0.39 is 0 Å². The number of aromatic amines is 1. The molecule has 1 aliphatic carbocycles. The first-order chi connectivity index (χ1) is 17.3. The third-order valence-electron chi connectivity index (χ3n) is 7.87. The number of rotatable bonds is 6. The molecule has 0 bridgehead atoms. The first-order valence-electron chi connectivity index (χ1n) is 13.0. The van der Waals surface area contributed by atoms with Gasteiger partial charge in [0.15, 0.2) is 0 Å². The SMILES string of the molecule is CN1CCN(c2cc3nc(Cc4cc(CNC(=O)C5(C)CCCCC5)ccc4Cl)[nH]c3cc2Cl)CC1. The molecule has 192 valence electrons. The monoisotopic (exact) mass is 527 g/mol. The van der Waals surface area contributed by atoms with E-state index in [-0.39, 0.29) is 11.3 Å². The van der Waals surface area contributed by atoms with E-state index in [1.165, 1.54) is 6.42 Å². The number of carbonyl (C=O) groups is 1. The van der Waals surface area contributed by atoms with Crippen molar-refractivity contribution >= 4 is 45.8 Å². The third-order valence-corrected chi connectivity index (χ3v) is 8.54. The van der Waals surface area contributed by atoms with E-state index in [1.807, 2.05) is 18.2 Å². The molecule has 2 aromatic carbocycles. The summed E-state index contributed by atoms with van der Waals surface area (Å²) in [5.74, 6) is 0.999. The number of nitrogens with one attached hydrogen (secondary N) is 2. The van der Waals surface area contributed by atoms with E-state index in [0.29, 0.717) is 18.0 Å². The van der Waals surface area contributed by atoms with Gasteiger partial charge in [-0.3, -0.25) is 4.79 Å². The fourth-order valence-electron chi connectivity index (χ4n) is 5.45. The third kappa shape index (κ3) is 5.51. The van der Waals surface area contributed by atoms with Crippen LogP contribution in [0.15, 0.2) is 30.3 Å². The predicted molar refractivity (Wildman–Crippen MR) is 148 cm³/mol. The molecule has 6 nitrogen and oxygen atoms in total. The van der Waals surface area contributed by atoms with E-state index >= 15 is 0 Å². The van der Waals surface area contributed by atoms with Crippen molar-refractivity contribution in [3.63, 3.8) is 0 Å². The van der Waals surface area contributed by atoms with Crippen molar-refractivity contribution < 1.29 is 4.79 Å². The minimum Gasteiger partial charge on any atom is -0.368 e. The fourth-order valence-corrected chi connectivity index (χ4v) is 5.92. The maximum Gasteiger partial charge on any atom is 0.226 e. The summed E-state index contributed by atoms with van der Waals surface area (Å²) in [5.41, 5.74) is 4.65. The van der Waals surface area contributed by atoms with Gasteiger partial charge in [0, 0.05) is 49.6 Å². The van der Waals surface area contributed by atoms with Gasteiger partial charge in [-0.25, -0.2) is 4.98 Å². The molecule has 0 radical (unpaired) electrons. The number of H-pyrrole nitrogens is 1. The van der Waals surface area contributed by atoms with Crippen LogP contribution in [0.25, 0.3) is 11.0 Å². The molecule has 5 rings (SSSR count). The van der Waals surface area contributed by atoms with Crippen LogP contribution >= 0.6 is 23.2 Å². The topological polar surface area (TPSA) is 64.3 Å². The van der Waals surface area contributed by atoms with Crippen LogP contribution in [0.1, 0.15) is 56.0 Å². The lowest BCUT2D eigenvalue weighted by molar-refractivity contribution is -0.132. The fraction of sp³-hybridized carbons (Fsp3) is 0.500. The van der Waals surface area contributed by atoms with E-state index in [1.54, 1.807) is 0 Å². The lowest BCUT2D eigenvalue weighted by atomic mass is 9.75. The quantitative estimate of drug-likeness (QED) is 0.425. The second-order valence-electron chi connectivity index (χ2n) is 10.7. The lowest BCUT2D eigenvalue weighted by Gasteiger charge is -2.34. The van der Waals surface area contributed by atoms with Crippen LogP contribution in [0.5, 0.6) is 0 Å². The molecule has 2 N–H and O–H groups in total. The van der Waals surface area contributed by atoms with Crippen molar-refractivity contribution in [2.75, 3.05) is 38.1 Å². The summed E-state index contributed by atoms with van der Waals surface area (Å²) in [6.07, 6.45) is 6.01. The normalized spacial score (nSPS) is 18.5. The average molecular weight is 529 g/mol. The number of benzene rings is 2. The minimum absolute atomic E-state index is 0.156. The average Bonchev–Trinajstić information content (AvgIpc) is 3.25. The Balaban J connectivity index is 1.29. The number of hydrogen-bond donors (Lipinski definition) is 2. The number of anilines is 1. The summed E-state index contributed by atoms with van der Waals surface area (Å²) >= 11 is 13.2. The molecule has 2 fully saturated rings. The Hall–Kier alpha value is -2.28. The number of nitrogens with zero attached hydrogens (tertiary/aromatic N) is 3. The molecule has 0 spiro atoms. The molecular formula is C28H35Cl2N5O. The Bertz CT molecular complexity index is 1240. The van der Waals surface area contributed by atoms with Gasteiger partial charge in [0.05, 0.1) is 21.7 Å². The van der Waals surface area contributed by atoms with Gasteiger partial charge in [0.25, 0.3) is 0 Å². The van der Waals surface area contributed by atoms with Crippen molar-refractivity contribution in [1.82, 2.24) is 20.2 Å². The van der Waals surface area contributed by atoms with E-state index in [4.69, 9.17) is 28.2 Å². The number of imidazole rings is 1. The van der Waals surface area contributed by atoms with E-state index in [0.717, 1.165) is 90.6 Å². The van der Waals surface area contributed by atoms with Gasteiger partial charge in [0.2, 0.25) is 5.91 Å². The van der Waals surface area contributed by atoms with Crippen LogP contribution in [-0.2, 0) is 17.8 Å². The Morgan fingerprint density at radius 3 is 2.56 bits per heavy atom. The molecule has 8 heteroatoms. The largest absolute Gasteiger partial charge is 0.368 e. The minimum atomic E-state index is -0.244. The Labute approximate surface area is 223 Å². The number of likely N-dealkylation sites (N-methyl/N-ethyl adjacent to an activating group) is 1. The number of aromatic nitrogens is 2. The maximum atomic E-state index is 12.9. The van der Waals surface area contributed by atoms with Crippen LogP contribution in [0.2, 0.25) is 10.0 Å². The lowest BCUT2D eigenvalue weighted by Crippen LogP contribution is -2.44. The molecule has 0 atom stereocenters. The van der Waals surface area contributed by atoms with E-state index in [2.05, 4.69) is 46.2 Å². The van der Waals surface area contributed by atoms with Crippen molar-refractivity contribution in [2.45, 2.75) is 52.0 Å². The Morgan fingerprint density at radius 2 is 1.81 bits per heavy atom. The second-order valence-corrected chi connectivity index (χ2v) is 11.5. The molecule has 0 unspecified atom stereocenters. The van der Waals surface area contributed by atoms with Crippen molar-refractivity contribution in [3.05, 3.63) is 57.3 Å². The van der Waals surface area contributed by atoms with Crippen LogP contribution < -0.4 is 10.2 Å². The Kier molecular flexibility index (Phi) is 7.47. The highest BCUT2D eigenvalue weighted by Gasteiger charge is 2.34. The molecule has 2 heterocycles. The first kappa shape index (κ1) is 25.4. The zero-order chi connectivity index (χ0) is 25.3. The highest BCUT2D eigenvalue weighted by molar-refractivity contribution is 6.34. The van der Waals surface area contributed by atoms with Gasteiger partial charge in [-0.05, 0) is 49.2 Å². The second kappa shape index (κ2) is 10.6. The van der Waals surface area contributed by atoms with Gasteiger partial charge >= 0.3 is 0 Å². The van der Waals surface area contributed by atoms with Crippen molar-refractivity contribution in [1.29, 1.82) is 0 Å². The Morgan fingerprint density at radius 1 is 1.06 bits per heavy atom. The summed E-state index contributed by atoms with van der Waals surface area (Å²) in [6, 6.07) is 10.0. The van der Waals surface area contributed by atoms with Crippen LogP contribution in [0.4, 0.5) is 5.69 Å². The number of fused-ring (bicyclic) bond motifs is 1. The van der Waals surface area contributed by atoms with Gasteiger partial charge < -0.3 is 20.1 Å². The molecule has 36 heavy (non-hydrogen) atoms. The van der Waals surface area contributed by atoms with Gasteiger partial charge in [-0.15, -0.1) is 0 Å². The maximum absolute atomic E-state index is 12.9. The molecule has 3 aromatic rings. The summed E-state index contributed by atoms with van der Waals surface area (Å²) in [7, 11) is 2.15. The van der Waals surface area contributed by atoms with Gasteiger partial charge in [-0.2, -0.15) is 0 Å². The number of piperazine rings is 1. The molecule has 1 aromatic heterocycles. The predicted octanol–water partition coefficient (Wildman–Crippen LogP) is 5.80. The van der Waals surface area contributed by atoms with Gasteiger partial charge in [-0.1, -0.05) is 61.5 Å². The number of hydrogen-bond acceptors (Lipinski definition) is 4. The zero-order valence-electron chi connectivity index (χ0n) is 21.2.